The number of amides is 1. The summed E-state index contributed by atoms with van der Waals surface area (Å²) in [5.41, 5.74) is 5.21. The van der Waals surface area contributed by atoms with Gasteiger partial charge in [-0.2, -0.15) is 0 Å². The molecule has 120 valence electrons. The highest BCUT2D eigenvalue weighted by Gasteiger charge is 2.25. The summed E-state index contributed by atoms with van der Waals surface area (Å²) in [4.78, 5) is 27.9. The Morgan fingerprint density at radius 3 is 3.05 bits per heavy atom. The predicted molar refractivity (Wildman–Crippen MR) is 80.8 cm³/mol. The molecule has 8 nitrogen and oxygen atoms in total. The van der Waals surface area contributed by atoms with Crippen LogP contribution in [0.25, 0.3) is 0 Å². The van der Waals surface area contributed by atoms with Gasteiger partial charge in [-0.3, -0.25) is 14.9 Å². The van der Waals surface area contributed by atoms with Crippen molar-refractivity contribution in [3.05, 3.63) is 27.9 Å². The first kappa shape index (κ1) is 16.2. The van der Waals surface area contributed by atoms with Crippen molar-refractivity contribution in [2.24, 2.45) is 11.7 Å². The molecule has 1 aromatic rings. The molecule has 2 rings (SSSR count). The Hall–Kier alpha value is -2.22. The van der Waals surface area contributed by atoms with Gasteiger partial charge < -0.3 is 15.4 Å². The number of carbonyl (C=O) groups excluding carboxylic acids is 1. The average Bonchev–Trinajstić information content (AvgIpc) is 2.52. The third-order valence-corrected chi connectivity index (χ3v) is 3.70. The number of hydrogen-bond acceptors (Lipinski definition) is 6. The van der Waals surface area contributed by atoms with Crippen LogP contribution in [0.3, 0.4) is 0 Å². The molecule has 2 N–H and O–H groups in total. The van der Waals surface area contributed by atoms with Crippen molar-refractivity contribution in [2.75, 3.05) is 31.2 Å². The number of carbonyl (C=O) groups is 1. The molecule has 1 amide bonds. The number of nitrogens with two attached hydrogens (primary N) is 1. The second-order valence-corrected chi connectivity index (χ2v) is 5.30. The number of piperidine rings is 1. The molecule has 1 saturated heterocycles. The van der Waals surface area contributed by atoms with Crippen molar-refractivity contribution in [3.8, 4) is 0 Å². The lowest BCUT2D eigenvalue weighted by Crippen LogP contribution is -2.39. The molecule has 22 heavy (non-hydrogen) atoms. The largest absolute Gasteiger partial charge is 0.381 e. The molecule has 0 aliphatic carbocycles. The van der Waals surface area contributed by atoms with E-state index in [1.807, 2.05) is 11.8 Å². The van der Waals surface area contributed by atoms with Crippen molar-refractivity contribution in [3.63, 3.8) is 0 Å². The van der Waals surface area contributed by atoms with Gasteiger partial charge in [0.2, 0.25) is 0 Å². The van der Waals surface area contributed by atoms with E-state index < -0.39 is 10.8 Å². The van der Waals surface area contributed by atoms with Gasteiger partial charge in [0.15, 0.2) is 0 Å². The Kier molecular flexibility index (Phi) is 5.26. The molecule has 1 atom stereocenters. The maximum absolute atomic E-state index is 11.6. The number of hydrogen-bond donors (Lipinski definition) is 1. The summed E-state index contributed by atoms with van der Waals surface area (Å²) in [6, 6.07) is 1.19. The Bertz CT molecular complexity index is 564. The van der Waals surface area contributed by atoms with Crippen molar-refractivity contribution in [2.45, 2.75) is 19.8 Å². The smallest absolute Gasteiger partial charge is 0.288 e. The van der Waals surface area contributed by atoms with Crippen LogP contribution < -0.4 is 10.6 Å². The van der Waals surface area contributed by atoms with E-state index in [1.54, 1.807) is 0 Å². The Labute approximate surface area is 128 Å². The normalized spacial score (nSPS) is 18.2. The van der Waals surface area contributed by atoms with Crippen LogP contribution in [-0.2, 0) is 4.74 Å². The summed E-state index contributed by atoms with van der Waals surface area (Å²) in [7, 11) is 0. The summed E-state index contributed by atoms with van der Waals surface area (Å²) in [6.45, 7) is 4.72. The number of primary amides is 1. The van der Waals surface area contributed by atoms with Gasteiger partial charge in [-0.15, -0.1) is 0 Å². The molecule has 0 bridgehead atoms. The molecule has 8 heteroatoms. The van der Waals surface area contributed by atoms with E-state index in [1.165, 1.54) is 6.07 Å². The minimum absolute atomic E-state index is 0.0891. The monoisotopic (exact) mass is 308 g/mol. The van der Waals surface area contributed by atoms with Crippen molar-refractivity contribution in [1.82, 2.24) is 4.98 Å². The van der Waals surface area contributed by atoms with E-state index in [0.717, 1.165) is 25.6 Å². The molecule has 0 saturated carbocycles. The third-order valence-electron chi connectivity index (χ3n) is 3.70. The van der Waals surface area contributed by atoms with Crippen LogP contribution in [-0.4, -0.2) is 42.1 Å². The van der Waals surface area contributed by atoms with Gasteiger partial charge >= 0.3 is 0 Å². The predicted octanol–water partition coefficient (Wildman–Crippen LogP) is 1.34. The fraction of sp³-hybridized carbons (Fsp3) is 0.571. The van der Waals surface area contributed by atoms with Gasteiger partial charge in [-0.25, -0.2) is 4.98 Å². The molecular formula is C14H20N4O4. The Balaban J connectivity index is 2.23. The molecule has 1 aromatic heterocycles. The molecule has 0 radical (unpaired) electrons. The molecule has 1 fully saturated rings. The molecule has 1 aliphatic heterocycles. The number of pyridine rings is 1. The maximum atomic E-state index is 11.6. The summed E-state index contributed by atoms with van der Waals surface area (Å²) in [5, 5.41) is 10.8. The van der Waals surface area contributed by atoms with Crippen LogP contribution in [0.4, 0.5) is 11.5 Å². The summed E-state index contributed by atoms with van der Waals surface area (Å²) < 4.78 is 5.46. The van der Waals surface area contributed by atoms with E-state index in [2.05, 4.69) is 4.98 Å². The van der Waals surface area contributed by atoms with Gasteiger partial charge in [0.25, 0.3) is 11.6 Å². The molecule has 0 aromatic carbocycles. The van der Waals surface area contributed by atoms with E-state index in [-0.39, 0.29) is 11.3 Å². The third kappa shape index (κ3) is 3.70. The van der Waals surface area contributed by atoms with Crippen molar-refractivity contribution >= 4 is 17.4 Å². The van der Waals surface area contributed by atoms with Gasteiger partial charge in [-0.1, -0.05) is 0 Å². The molecule has 1 unspecified atom stereocenters. The number of aromatic nitrogens is 1. The first-order valence-electron chi connectivity index (χ1n) is 7.29. The van der Waals surface area contributed by atoms with E-state index in [9.17, 15) is 14.9 Å². The molecular weight excluding hydrogens is 288 g/mol. The zero-order valence-electron chi connectivity index (χ0n) is 12.5. The first-order valence-corrected chi connectivity index (χ1v) is 7.29. The maximum Gasteiger partial charge on any atom is 0.288 e. The zero-order chi connectivity index (χ0) is 16.1. The first-order chi connectivity index (χ1) is 10.5. The second-order valence-electron chi connectivity index (χ2n) is 5.30. The zero-order valence-corrected chi connectivity index (χ0v) is 12.5. The van der Waals surface area contributed by atoms with Crippen LogP contribution in [0, 0.1) is 16.0 Å². The van der Waals surface area contributed by atoms with Crippen LogP contribution in [0.5, 0.6) is 0 Å². The van der Waals surface area contributed by atoms with Crippen LogP contribution in [0.15, 0.2) is 12.3 Å². The van der Waals surface area contributed by atoms with Gasteiger partial charge in [0, 0.05) is 25.8 Å². The van der Waals surface area contributed by atoms with Crippen molar-refractivity contribution in [1.29, 1.82) is 0 Å². The number of nitrogens with zero attached hydrogens (tertiary/aromatic N) is 3. The fourth-order valence-corrected chi connectivity index (χ4v) is 2.66. The lowest BCUT2D eigenvalue weighted by atomic mass is 9.98. The van der Waals surface area contributed by atoms with Gasteiger partial charge in [-0.05, 0) is 25.7 Å². The molecule has 2 heterocycles. The standard InChI is InChI=1S/C14H20N4O4/c1-2-22-9-10-4-3-5-17(8-10)14-12(13(15)19)6-11(7-16-14)18(20)21/h6-7,10H,2-5,8-9H2,1H3,(H2,15,19). The summed E-state index contributed by atoms with van der Waals surface area (Å²) in [6.07, 6.45) is 3.16. The molecule has 0 spiro atoms. The van der Waals surface area contributed by atoms with Gasteiger partial charge in [0.05, 0.1) is 17.1 Å². The van der Waals surface area contributed by atoms with E-state index in [0.29, 0.717) is 31.5 Å². The van der Waals surface area contributed by atoms with E-state index in [4.69, 9.17) is 10.5 Å². The highest BCUT2D eigenvalue weighted by molar-refractivity contribution is 5.98. The lowest BCUT2D eigenvalue weighted by molar-refractivity contribution is -0.385. The molecule has 1 aliphatic rings. The topological polar surface area (TPSA) is 112 Å². The van der Waals surface area contributed by atoms with Crippen LogP contribution >= 0.6 is 0 Å². The lowest BCUT2D eigenvalue weighted by Gasteiger charge is -2.34. The minimum atomic E-state index is -0.710. The Morgan fingerprint density at radius 1 is 1.64 bits per heavy atom. The number of anilines is 1. The van der Waals surface area contributed by atoms with E-state index >= 15 is 0 Å². The van der Waals surface area contributed by atoms with Crippen LogP contribution in [0.1, 0.15) is 30.1 Å². The second kappa shape index (κ2) is 7.17. The fourth-order valence-electron chi connectivity index (χ4n) is 2.66. The SMILES string of the molecule is CCOCC1CCCN(c2ncc([N+](=O)[O-])cc2C(N)=O)C1. The Morgan fingerprint density at radius 2 is 2.41 bits per heavy atom. The average molecular weight is 308 g/mol. The highest BCUT2D eigenvalue weighted by atomic mass is 16.6. The number of rotatable bonds is 6. The minimum Gasteiger partial charge on any atom is -0.381 e. The number of nitro groups is 1. The number of ether oxygens (including phenoxy) is 1. The van der Waals surface area contributed by atoms with Gasteiger partial charge in [0.1, 0.15) is 12.0 Å². The van der Waals surface area contributed by atoms with Crippen molar-refractivity contribution < 1.29 is 14.5 Å². The quantitative estimate of drug-likeness (QED) is 0.627. The highest BCUT2D eigenvalue weighted by Crippen LogP contribution is 2.27. The summed E-state index contributed by atoms with van der Waals surface area (Å²) in [5.74, 6) is 0.0591. The van der Waals surface area contributed by atoms with Crippen LogP contribution in [0.2, 0.25) is 0 Å². The summed E-state index contributed by atoms with van der Waals surface area (Å²) >= 11 is 0.